The van der Waals surface area contributed by atoms with Crippen LogP contribution in [0.3, 0.4) is 0 Å². The molecular weight excluding hydrogens is 322 g/mol. The molecule has 0 atom stereocenters. The van der Waals surface area contributed by atoms with E-state index in [0.717, 1.165) is 5.56 Å². The van der Waals surface area contributed by atoms with Crippen LogP contribution in [0.4, 0.5) is 0 Å². The van der Waals surface area contributed by atoms with E-state index in [-0.39, 0.29) is 24.8 Å². The van der Waals surface area contributed by atoms with Crippen molar-refractivity contribution in [3.8, 4) is 11.5 Å². The van der Waals surface area contributed by atoms with Crippen LogP contribution < -0.4 is 9.47 Å². The first-order chi connectivity index (χ1) is 12.2. The number of benzene rings is 1. The van der Waals surface area contributed by atoms with Crippen LogP contribution in [-0.4, -0.2) is 30.0 Å². The highest BCUT2D eigenvalue weighted by Gasteiger charge is 2.27. The van der Waals surface area contributed by atoms with E-state index in [1.807, 2.05) is 6.07 Å². The quantitative estimate of drug-likeness (QED) is 0.458. The van der Waals surface area contributed by atoms with Crippen molar-refractivity contribution in [2.24, 2.45) is 0 Å². The molecule has 0 bridgehead atoms. The van der Waals surface area contributed by atoms with Crippen molar-refractivity contribution in [1.82, 2.24) is 4.98 Å². The smallest absolute Gasteiger partial charge is 0.344 e. The van der Waals surface area contributed by atoms with Crippen molar-refractivity contribution in [1.29, 1.82) is 0 Å². The zero-order valence-electron chi connectivity index (χ0n) is 13.3. The van der Waals surface area contributed by atoms with Crippen molar-refractivity contribution < 1.29 is 23.8 Å². The summed E-state index contributed by atoms with van der Waals surface area (Å²) in [6.45, 7) is 3.35. The number of carbonyl (C=O) groups is 2. The maximum Gasteiger partial charge on any atom is 0.344 e. The van der Waals surface area contributed by atoms with E-state index < -0.39 is 5.97 Å². The number of Topliss-reactive ketones (excluding diaryl/α,β-unsaturated/α-hetero) is 1. The Bertz CT molecular complexity index is 842. The summed E-state index contributed by atoms with van der Waals surface area (Å²) in [6.07, 6.45) is 6.39. The fourth-order valence-corrected chi connectivity index (χ4v) is 2.21. The first kappa shape index (κ1) is 16.4. The normalized spacial score (nSPS) is 13.9. The Labute approximate surface area is 144 Å². The van der Waals surface area contributed by atoms with E-state index in [2.05, 4.69) is 11.6 Å². The summed E-state index contributed by atoms with van der Waals surface area (Å²) in [7, 11) is 0. The summed E-state index contributed by atoms with van der Waals surface area (Å²) in [5.74, 6) is 0.290. The number of esters is 1. The predicted octanol–water partition coefficient (Wildman–Crippen LogP) is 2.81. The summed E-state index contributed by atoms with van der Waals surface area (Å²) in [5, 5.41) is 0. The van der Waals surface area contributed by atoms with Crippen molar-refractivity contribution in [3.05, 3.63) is 72.3 Å². The minimum absolute atomic E-state index is 0.131. The Morgan fingerprint density at radius 1 is 1.32 bits per heavy atom. The van der Waals surface area contributed by atoms with E-state index >= 15 is 0 Å². The van der Waals surface area contributed by atoms with Crippen LogP contribution in [0.1, 0.15) is 15.9 Å². The molecule has 25 heavy (non-hydrogen) atoms. The lowest BCUT2D eigenvalue weighted by Crippen LogP contribution is -2.14. The van der Waals surface area contributed by atoms with Gasteiger partial charge in [0.15, 0.2) is 12.4 Å². The zero-order valence-corrected chi connectivity index (χ0v) is 13.3. The Kier molecular flexibility index (Phi) is 4.89. The van der Waals surface area contributed by atoms with Crippen LogP contribution in [0.5, 0.6) is 11.5 Å². The number of ether oxygens (including phenoxy) is 3. The molecule has 6 nitrogen and oxygen atoms in total. The van der Waals surface area contributed by atoms with Crippen LogP contribution in [0.2, 0.25) is 0 Å². The van der Waals surface area contributed by atoms with Gasteiger partial charge in [-0.25, -0.2) is 4.79 Å². The third-order valence-electron chi connectivity index (χ3n) is 3.34. The molecule has 6 heteroatoms. The van der Waals surface area contributed by atoms with E-state index in [1.54, 1.807) is 42.7 Å². The number of hydrogen-bond acceptors (Lipinski definition) is 6. The number of pyridine rings is 1. The summed E-state index contributed by atoms with van der Waals surface area (Å²) < 4.78 is 15.8. The molecule has 0 unspecified atom stereocenters. The van der Waals surface area contributed by atoms with Gasteiger partial charge < -0.3 is 14.2 Å². The molecule has 0 N–H and O–H groups in total. The first-order valence-corrected chi connectivity index (χ1v) is 7.55. The molecule has 0 saturated carbocycles. The fraction of sp³-hybridized carbons (Fsp3) is 0.105. The standard InChI is InChI=1S/C19H15NO5/c1-2-8-23-18(21)12-24-14-5-6-15-16(10-14)25-17(19(15)22)9-13-4-3-7-20-11-13/h2-7,9-11H,1,8,12H2. The number of allylic oxidation sites excluding steroid dienone is 1. The third-order valence-corrected chi connectivity index (χ3v) is 3.34. The summed E-state index contributed by atoms with van der Waals surface area (Å²) >= 11 is 0. The Balaban J connectivity index is 1.70. The molecule has 0 fully saturated rings. The van der Waals surface area contributed by atoms with Crippen molar-refractivity contribution in [2.75, 3.05) is 13.2 Å². The van der Waals surface area contributed by atoms with Gasteiger partial charge in [-0.2, -0.15) is 0 Å². The van der Waals surface area contributed by atoms with Gasteiger partial charge in [-0.1, -0.05) is 18.7 Å². The number of nitrogens with zero attached hydrogens (tertiary/aromatic N) is 1. The molecular formula is C19H15NO5. The van der Waals surface area contributed by atoms with Gasteiger partial charge in [0.2, 0.25) is 5.78 Å². The molecule has 0 spiro atoms. The highest BCUT2D eigenvalue weighted by molar-refractivity contribution is 6.14. The lowest BCUT2D eigenvalue weighted by Gasteiger charge is -2.06. The van der Waals surface area contributed by atoms with Gasteiger partial charge in [-0.05, 0) is 29.8 Å². The maximum atomic E-state index is 12.4. The van der Waals surface area contributed by atoms with Gasteiger partial charge in [-0.15, -0.1) is 0 Å². The molecule has 0 saturated heterocycles. The van der Waals surface area contributed by atoms with Crippen LogP contribution >= 0.6 is 0 Å². The number of ketones is 1. The zero-order chi connectivity index (χ0) is 17.6. The highest BCUT2D eigenvalue weighted by atomic mass is 16.6. The monoisotopic (exact) mass is 337 g/mol. The minimum atomic E-state index is -0.505. The molecule has 1 aromatic heterocycles. The van der Waals surface area contributed by atoms with Gasteiger partial charge in [0.1, 0.15) is 18.1 Å². The average molecular weight is 337 g/mol. The maximum absolute atomic E-state index is 12.4. The molecule has 0 amide bonds. The van der Waals surface area contributed by atoms with Crippen molar-refractivity contribution >= 4 is 17.8 Å². The van der Waals surface area contributed by atoms with Gasteiger partial charge >= 0.3 is 5.97 Å². The number of rotatable bonds is 6. The van der Waals surface area contributed by atoms with Gasteiger partial charge in [0.25, 0.3) is 0 Å². The van der Waals surface area contributed by atoms with E-state index in [0.29, 0.717) is 17.1 Å². The Hall–Kier alpha value is -3.41. The average Bonchev–Trinajstić information content (AvgIpc) is 2.94. The number of carbonyl (C=O) groups excluding carboxylic acids is 2. The second-order valence-corrected chi connectivity index (χ2v) is 5.14. The number of hydrogen-bond donors (Lipinski definition) is 0. The van der Waals surface area contributed by atoms with Crippen LogP contribution in [0.15, 0.2) is 61.1 Å². The Morgan fingerprint density at radius 3 is 2.96 bits per heavy atom. The number of fused-ring (bicyclic) bond motifs is 1. The lowest BCUT2D eigenvalue weighted by atomic mass is 10.1. The molecule has 126 valence electrons. The summed E-state index contributed by atoms with van der Waals surface area (Å²) in [6, 6.07) is 8.37. The molecule has 1 aliphatic heterocycles. The second kappa shape index (κ2) is 7.44. The topological polar surface area (TPSA) is 74.7 Å². The Morgan fingerprint density at radius 2 is 2.20 bits per heavy atom. The van der Waals surface area contributed by atoms with E-state index in [4.69, 9.17) is 14.2 Å². The summed E-state index contributed by atoms with van der Waals surface area (Å²) in [4.78, 5) is 27.8. The molecule has 2 heterocycles. The molecule has 2 aromatic rings. The molecule has 1 aromatic carbocycles. The molecule has 0 radical (unpaired) electrons. The van der Waals surface area contributed by atoms with Gasteiger partial charge in [0, 0.05) is 18.5 Å². The van der Waals surface area contributed by atoms with Crippen LogP contribution in [0.25, 0.3) is 6.08 Å². The van der Waals surface area contributed by atoms with Gasteiger partial charge in [-0.3, -0.25) is 9.78 Å². The van der Waals surface area contributed by atoms with E-state index in [1.165, 1.54) is 6.08 Å². The second-order valence-electron chi connectivity index (χ2n) is 5.14. The molecule has 1 aliphatic rings. The lowest BCUT2D eigenvalue weighted by molar-refractivity contribution is -0.144. The first-order valence-electron chi connectivity index (χ1n) is 7.55. The highest BCUT2D eigenvalue weighted by Crippen LogP contribution is 2.34. The SMILES string of the molecule is C=CCOC(=O)COc1ccc2c(c1)OC(=Cc1cccnc1)C2=O. The predicted molar refractivity (Wildman–Crippen MR) is 90.3 cm³/mol. The van der Waals surface area contributed by atoms with Crippen LogP contribution in [-0.2, 0) is 9.53 Å². The number of aromatic nitrogens is 1. The van der Waals surface area contributed by atoms with Crippen molar-refractivity contribution in [3.63, 3.8) is 0 Å². The fourth-order valence-electron chi connectivity index (χ4n) is 2.21. The minimum Gasteiger partial charge on any atom is -0.482 e. The molecule has 0 aliphatic carbocycles. The van der Waals surface area contributed by atoms with E-state index in [9.17, 15) is 9.59 Å². The third kappa shape index (κ3) is 3.92. The van der Waals surface area contributed by atoms with Crippen LogP contribution in [0, 0.1) is 0 Å². The largest absolute Gasteiger partial charge is 0.482 e. The molecule has 3 rings (SSSR count). The summed E-state index contributed by atoms with van der Waals surface area (Å²) in [5.41, 5.74) is 1.21. The van der Waals surface area contributed by atoms with Crippen molar-refractivity contribution in [2.45, 2.75) is 0 Å². The van der Waals surface area contributed by atoms with Gasteiger partial charge in [0.05, 0.1) is 5.56 Å².